The monoisotopic (exact) mass is 204 g/mol. The van der Waals surface area contributed by atoms with Gasteiger partial charge in [-0.2, -0.15) is 0 Å². The van der Waals surface area contributed by atoms with Gasteiger partial charge in [0.05, 0.1) is 5.69 Å². The van der Waals surface area contributed by atoms with Gasteiger partial charge in [0.15, 0.2) is 0 Å². The van der Waals surface area contributed by atoms with Crippen LogP contribution < -0.4 is 5.32 Å². The Morgan fingerprint density at radius 2 is 2.27 bits per heavy atom. The highest BCUT2D eigenvalue weighted by atomic mass is 14.9. The van der Waals surface area contributed by atoms with Crippen molar-refractivity contribution in [1.82, 2.24) is 10.3 Å². The van der Waals surface area contributed by atoms with E-state index in [-0.39, 0.29) is 0 Å². The Bertz CT molecular complexity index is 325. The summed E-state index contributed by atoms with van der Waals surface area (Å²) in [6.45, 7) is 9.47. The van der Waals surface area contributed by atoms with E-state index in [0.29, 0.717) is 6.04 Å². The molecule has 0 aliphatic carbocycles. The number of hydrogen-bond donors (Lipinski definition) is 1. The van der Waals surface area contributed by atoms with E-state index in [1.807, 2.05) is 6.20 Å². The first-order valence-electron chi connectivity index (χ1n) is 5.47. The van der Waals surface area contributed by atoms with Crippen LogP contribution in [-0.2, 0) is 0 Å². The maximum atomic E-state index is 4.36. The molecule has 15 heavy (non-hydrogen) atoms. The molecule has 82 valence electrons. The smallest absolute Gasteiger partial charge is 0.0629 e. The van der Waals surface area contributed by atoms with Gasteiger partial charge < -0.3 is 5.32 Å². The first-order chi connectivity index (χ1) is 7.13. The Labute approximate surface area is 92.4 Å². The molecule has 0 aliphatic rings. The lowest BCUT2D eigenvalue weighted by Crippen LogP contribution is -2.26. The highest BCUT2D eigenvalue weighted by molar-refractivity contribution is 5.49. The zero-order valence-corrected chi connectivity index (χ0v) is 10.0. The number of likely N-dealkylation sites (N-methyl/N-ethyl adjacent to an activating group) is 1. The van der Waals surface area contributed by atoms with Crippen molar-refractivity contribution in [2.45, 2.75) is 33.7 Å². The number of pyridine rings is 1. The van der Waals surface area contributed by atoms with Crippen LogP contribution in [-0.4, -0.2) is 17.6 Å². The quantitative estimate of drug-likeness (QED) is 0.815. The van der Waals surface area contributed by atoms with E-state index in [9.17, 15) is 0 Å². The second-order valence-electron chi connectivity index (χ2n) is 3.93. The number of aryl methyl sites for hydroxylation is 1. The van der Waals surface area contributed by atoms with E-state index < -0.39 is 0 Å². The maximum Gasteiger partial charge on any atom is 0.0629 e. The highest BCUT2D eigenvalue weighted by Gasteiger charge is 2.01. The Balaban J connectivity index is 2.73. The molecule has 1 unspecified atom stereocenters. The molecule has 0 amide bonds. The lowest BCUT2D eigenvalue weighted by atomic mass is 10.1. The lowest BCUT2D eigenvalue weighted by molar-refractivity contribution is 0.636. The van der Waals surface area contributed by atoms with Crippen molar-refractivity contribution >= 4 is 6.08 Å². The van der Waals surface area contributed by atoms with E-state index in [2.05, 4.69) is 56.2 Å². The van der Waals surface area contributed by atoms with Crippen molar-refractivity contribution in [3.8, 4) is 0 Å². The van der Waals surface area contributed by atoms with Crippen LogP contribution in [0.2, 0.25) is 0 Å². The number of hydrogen-bond acceptors (Lipinski definition) is 2. The van der Waals surface area contributed by atoms with Crippen LogP contribution in [0, 0.1) is 6.92 Å². The van der Waals surface area contributed by atoms with Gasteiger partial charge in [0.2, 0.25) is 0 Å². The molecule has 1 atom stereocenters. The van der Waals surface area contributed by atoms with E-state index in [4.69, 9.17) is 0 Å². The third-order valence-corrected chi connectivity index (χ3v) is 2.50. The van der Waals surface area contributed by atoms with Crippen molar-refractivity contribution in [3.63, 3.8) is 0 Å². The number of nitrogens with one attached hydrogen (secondary N) is 1. The van der Waals surface area contributed by atoms with Gasteiger partial charge >= 0.3 is 0 Å². The summed E-state index contributed by atoms with van der Waals surface area (Å²) in [5, 5.41) is 3.38. The predicted octanol–water partition coefficient (Wildman–Crippen LogP) is 2.79. The molecule has 2 heteroatoms. The van der Waals surface area contributed by atoms with Gasteiger partial charge in [-0.05, 0) is 45.0 Å². The Morgan fingerprint density at radius 3 is 2.80 bits per heavy atom. The van der Waals surface area contributed by atoms with Crippen LogP contribution in [0.4, 0.5) is 0 Å². The summed E-state index contributed by atoms with van der Waals surface area (Å²) in [4.78, 5) is 4.36. The van der Waals surface area contributed by atoms with Gasteiger partial charge in [-0.3, -0.25) is 4.98 Å². The summed E-state index contributed by atoms with van der Waals surface area (Å²) < 4.78 is 0. The molecule has 1 aromatic rings. The molecule has 0 aliphatic heterocycles. The Kier molecular flexibility index (Phi) is 4.50. The molecule has 0 bridgehead atoms. The zero-order valence-electron chi connectivity index (χ0n) is 10.0. The van der Waals surface area contributed by atoms with Crippen LogP contribution in [0.3, 0.4) is 0 Å². The SMILES string of the molecule is CCNC(C)/C(C)=C/c1ccc(C)cn1. The minimum Gasteiger partial charge on any atom is -0.311 e. The van der Waals surface area contributed by atoms with Gasteiger partial charge in [-0.15, -0.1) is 0 Å². The normalized spacial score (nSPS) is 14.0. The average molecular weight is 204 g/mol. The summed E-state index contributed by atoms with van der Waals surface area (Å²) in [6, 6.07) is 4.56. The molecule has 1 heterocycles. The van der Waals surface area contributed by atoms with Crippen molar-refractivity contribution in [2.75, 3.05) is 6.54 Å². The molecule has 0 saturated carbocycles. The van der Waals surface area contributed by atoms with Crippen LogP contribution in [0.25, 0.3) is 6.08 Å². The number of aromatic nitrogens is 1. The summed E-state index contributed by atoms with van der Waals surface area (Å²) in [5.41, 5.74) is 3.54. The first-order valence-corrected chi connectivity index (χ1v) is 5.47. The van der Waals surface area contributed by atoms with Crippen LogP contribution in [0.15, 0.2) is 23.9 Å². The molecule has 0 aromatic carbocycles. The molecule has 2 nitrogen and oxygen atoms in total. The Morgan fingerprint density at radius 1 is 1.53 bits per heavy atom. The summed E-state index contributed by atoms with van der Waals surface area (Å²) in [5.74, 6) is 0. The second-order valence-corrected chi connectivity index (χ2v) is 3.93. The summed E-state index contributed by atoms with van der Waals surface area (Å²) in [7, 11) is 0. The first kappa shape index (κ1) is 11.9. The van der Waals surface area contributed by atoms with E-state index in [1.165, 1.54) is 11.1 Å². The minimum atomic E-state index is 0.415. The van der Waals surface area contributed by atoms with Gasteiger partial charge in [0.1, 0.15) is 0 Å². The molecule has 0 spiro atoms. The topological polar surface area (TPSA) is 24.9 Å². The van der Waals surface area contributed by atoms with E-state index in [0.717, 1.165) is 12.2 Å². The Hall–Kier alpha value is -1.15. The fraction of sp³-hybridized carbons (Fsp3) is 0.462. The predicted molar refractivity (Wildman–Crippen MR) is 65.8 cm³/mol. The molecule has 0 saturated heterocycles. The van der Waals surface area contributed by atoms with Gasteiger partial charge in [-0.25, -0.2) is 0 Å². The van der Waals surface area contributed by atoms with Crippen molar-refractivity contribution in [3.05, 3.63) is 35.2 Å². The molecule has 1 aromatic heterocycles. The zero-order chi connectivity index (χ0) is 11.3. The molecular weight excluding hydrogens is 184 g/mol. The van der Waals surface area contributed by atoms with Crippen LogP contribution in [0.1, 0.15) is 32.0 Å². The minimum absolute atomic E-state index is 0.415. The van der Waals surface area contributed by atoms with Crippen molar-refractivity contribution in [1.29, 1.82) is 0 Å². The third kappa shape index (κ3) is 3.84. The van der Waals surface area contributed by atoms with Crippen molar-refractivity contribution in [2.24, 2.45) is 0 Å². The highest BCUT2D eigenvalue weighted by Crippen LogP contribution is 2.08. The van der Waals surface area contributed by atoms with Gasteiger partial charge in [0.25, 0.3) is 0 Å². The molecule has 1 N–H and O–H groups in total. The van der Waals surface area contributed by atoms with Crippen molar-refractivity contribution < 1.29 is 0 Å². The lowest BCUT2D eigenvalue weighted by Gasteiger charge is -2.12. The van der Waals surface area contributed by atoms with Crippen LogP contribution in [0.5, 0.6) is 0 Å². The molecule has 0 fully saturated rings. The van der Waals surface area contributed by atoms with E-state index >= 15 is 0 Å². The number of nitrogens with zero attached hydrogens (tertiary/aromatic N) is 1. The molecule has 1 rings (SSSR count). The van der Waals surface area contributed by atoms with Crippen LogP contribution >= 0.6 is 0 Å². The second kappa shape index (κ2) is 5.66. The summed E-state index contributed by atoms with van der Waals surface area (Å²) >= 11 is 0. The summed E-state index contributed by atoms with van der Waals surface area (Å²) in [6.07, 6.45) is 4.03. The number of rotatable bonds is 4. The average Bonchev–Trinajstić information content (AvgIpc) is 2.22. The van der Waals surface area contributed by atoms with Gasteiger partial charge in [-0.1, -0.05) is 18.6 Å². The fourth-order valence-corrected chi connectivity index (χ4v) is 1.39. The maximum absolute atomic E-state index is 4.36. The standard InChI is InChI=1S/C13H20N2/c1-5-14-12(4)11(3)8-13-7-6-10(2)9-15-13/h6-9,12,14H,5H2,1-4H3/b11-8+. The van der Waals surface area contributed by atoms with E-state index in [1.54, 1.807) is 0 Å². The fourth-order valence-electron chi connectivity index (χ4n) is 1.39. The molecular formula is C13H20N2. The molecule has 0 radical (unpaired) electrons. The van der Waals surface area contributed by atoms with Gasteiger partial charge in [0, 0.05) is 12.2 Å². The largest absolute Gasteiger partial charge is 0.311 e. The third-order valence-electron chi connectivity index (χ3n) is 2.50.